The standard InChI is InChI=1S/C13H20N2O9S2/c1-25-13(22)9(11(19)20)24-12(21)7(5-26-23)15-8(16)4-2-3-6(14)10(17)18/h6-7,9,23H,2-5,14H2,1H3,(H,15,16)(H,17,18)(H,19,20)/t6-,7-,9-/m0/s1. The van der Waals surface area contributed by atoms with E-state index in [2.05, 4.69) is 10.1 Å². The van der Waals surface area contributed by atoms with Gasteiger partial charge in [-0.1, -0.05) is 11.8 Å². The number of aliphatic carboxylic acids is 2. The van der Waals surface area contributed by atoms with E-state index in [4.69, 9.17) is 20.5 Å². The average molecular weight is 412 g/mol. The molecule has 0 spiro atoms. The second-order valence-corrected chi connectivity index (χ2v) is 6.33. The van der Waals surface area contributed by atoms with E-state index in [0.717, 1.165) is 0 Å². The number of amides is 1. The number of carbonyl (C=O) groups excluding carboxylic acids is 3. The highest BCUT2D eigenvalue weighted by atomic mass is 32.2. The van der Waals surface area contributed by atoms with E-state index in [0.29, 0.717) is 11.8 Å². The van der Waals surface area contributed by atoms with Crippen LogP contribution in [0.3, 0.4) is 0 Å². The number of carbonyl (C=O) groups is 5. The molecule has 0 saturated heterocycles. The van der Waals surface area contributed by atoms with Gasteiger partial charge < -0.3 is 30.6 Å². The summed E-state index contributed by atoms with van der Waals surface area (Å²) in [7, 11) is 0. The van der Waals surface area contributed by atoms with Crippen molar-refractivity contribution >= 4 is 52.7 Å². The van der Waals surface area contributed by atoms with Crippen LogP contribution >= 0.6 is 23.8 Å². The molecule has 0 rings (SSSR count). The molecule has 26 heavy (non-hydrogen) atoms. The van der Waals surface area contributed by atoms with Crippen LogP contribution in [0.15, 0.2) is 0 Å². The molecule has 0 bridgehead atoms. The molecule has 0 unspecified atom stereocenters. The largest absolute Gasteiger partial charge is 0.480 e. The topological polar surface area (TPSA) is 193 Å². The summed E-state index contributed by atoms with van der Waals surface area (Å²) in [5.74, 6) is -5.05. The number of hydrogen-bond acceptors (Lipinski definition) is 10. The Kier molecular flexibility index (Phi) is 11.6. The maximum absolute atomic E-state index is 12.0. The minimum absolute atomic E-state index is 0.0376. The van der Waals surface area contributed by atoms with E-state index in [1.165, 1.54) is 6.26 Å². The number of carboxylic acid groups (broad SMARTS) is 2. The smallest absolute Gasteiger partial charge is 0.353 e. The Balaban J connectivity index is 4.72. The first-order chi connectivity index (χ1) is 12.1. The summed E-state index contributed by atoms with van der Waals surface area (Å²) in [6.45, 7) is 0. The Morgan fingerprint density at radius 3 is 2.23 bits per heavy atom. The molecule has 3 atom stereocenters. The van der Waals surface area contributed by atoms with Crippen LogP contribution in [-0.2, 0) is 28.7 Å². The van der Waals surface area contributed by atoms with Crippen molar-refractivity contribution in [3.63, 3.8) is 0 Å². The summed E-state index contributed by atoms with van der Waals surface area (Å²) in [5, 5.41) is 18.9. The molecule has 148 valence electrons. The fourth-order valence-corrected chi connectivity index (χ4v) is 2.35. The van der Waals surface area contributed by atoms with Crippen LogP contribution < -0.4 is 11.1 Å². The van der Waals surface area contributed by atoms with Gasteiger partial charge in [0.15, 0.2) is 0 Å². The fourth-order valence-electron chi connectivity index (χ4n) is 1.62. The zero-order valence-corrected chi connectivity index (χ0v) is 15.4. The van der Waals surface area contributed by atoms with Crippen molar-refractivity contribution in [2.45, 2.75) is 37.5 Å². The van der Waals surface area contributed by atoms with E-state index in [-0.39, 0.29) is 37.1 Å². The molecular formula is C13H20N2O9S2. The summed E-state index contributed by atoms with van der Waals surface area (Å²) in [5.41, 5.74) is 5.29. The number of nitrogens with two attached hydrogens (primary N) is 1. The van der Waals surface area contributed by atoms with Crippen molar-refractivity contribution in [1.82, 2.24) is 5.32 Å². The van der Waals surface area contributed by atoms with E-state index >= 15 is 0 Å². The highest BCUT2D eigenvalue weighted by Gasteiger charge is 2.33. The predicted octanol–water partition coefficient (Wildman–Crippen LogP) is -0.854. The maximum atomic E-state index is 12.0. The molecule has 0 aromatic carbocycles. The Labute approximate surface area is 157 Å². The molecule has 6 N–H and O–H groups in total. The first-order valence-electron chi connectivity index (χ1n) is 7.19. The quantitative estimate of drug-likeness (QED) is 0.151. The van der Waals surface area contributed by atoms with Crippen molar-refractivity contribution in [2.24, 2.45) is 5.73 Å². The van der Waals surface area contributed by atoms with E-state index in [9.17, 15) is 24.0 Å². The van der Waals surface area contributed by atoms with Crippen LogP contribution in [0.2, 0.25) is 0 Å². The zero-order valence-electron chi connectivity index (χ0n) is 13.7. The van der Waals surface area contributed by atoms with Gasteiger partial charge in [-0.2, -0.15) is 0 Å². The number of ether oxygens (including phenoxy) is 1. The second-order valence-electron chi connectivity index (χ2n) is 4.93. The van der Waals surface area contributed by atoms with Gasteiger partial charge in [0.25, 0.3) is 6.10 Å². The lowest BCUT2D eigenvalue weighted by Crippen LogP contribution is -2.46. The van der Waals surface area contributed by atoms with Crippen LogP contribution in [0.5, 0.6) is 0 Å². The van der Waals surface area contributed by atoms with Crippen LogP contribution in [-0.4, -0.2) is 73.9 Å². The monoisotopic (exact) mass is 412 g/mol. The van der Waals surface area contributed by atoms with Crippen molar-refractivity contribution in [3.05, 3.63) is 0 Å². The molecule has 0 radical (unpaired) electrons. The molecule has 1 amide bonds. The van der Waals surface area contributed by atoms with Crippen molar-refractivity contribution in [1.29, 1.82) is 0 Å². The highest BCUT2D eigenvalue weighted by molar-refractivity contribution is 8.13. The third kappa shape index (κ3) is 9.03. The van der Waals surface area contributed by atoms with Crippen LogP contribution in [0, 0.1) is 0 Å². The first-order valence-corrected chi connectivity index (χ1v) is 9.36. The number of hydrogen-bond donors (Lipinski definition) is 5. The summed E-state index contributed by atoms with van der Waals surface area (Å²) in [6.07, 6.45) is -0.690. The zero-order chi connectivity index (χ0) is 20.3. The average Bonchev–Trinajstić information content (AvgIpc) is 2.57. The number of esters is 1. The lowest BCUT2D eigenvalue weighted by molar-refractivity contribution is -0.167. The summed E-state index contributed by atoms with van der Waals surface area (Å²) < 4.78 is 13.5. The molecule has 0 saturated carbocycles. The highest BCUT2D eigenvalue weighted by Crippen LogP contribution is 2.09. The number of carboxylic acids is 2. The van der Waals surface area contributed by atoms with Gasteiger partial charge in [-0.15, -0.1) is 0 Å². The second kappa shape index (κ2) is 12.5. The summed E-state index contributed by atoms with van der Waals surface area (Å²) in [6, 6.07) is -2.51. The van der Waals surface area contributed by atoms with Gasteiger partial charge in [0, 0.05) is 6.42 Å². The molecule has 0 aliphatic carbocycles. The lowest BCUT2D eigenvalue weighted by Gasteiger charge is -2.18. The first kappa shape index (κ1) is 24.2. The van der Waals surface area contributed by atoms with E-state index in [1.54, 1.807) is 0 Å². The minimum atomic E-state index is -2.03. The Morgan fingerprint density at radius 1 is 1.15 bits per heavy atom. The van der Waals surface area contributed by atoms with Gasteiger partial charge in [-0.3, -0.25) is 14.4 Å². The molecule has 0 fully saturated rings. The van der Waals surface area contributed by atoms with Crippen molar-refractivity contribution < 1.29 is 43.5 Å². The number of nitrogens with one attached hydrogen (secondary N) is 1. The van der Waals surface area contributed by atoms with Gasteiger partial charge in [-0.05, 0) is 31.1 Å². The normalized spacial score (nSPS) is 14.0. The third-order valence-corrected chi connectivity index (χ3v) is 4.07. The Hall–Kier alpha value is -1.83. The SMILES string of the molecule is CSC(=O)[C@@H](OC(=O)[C@H](CSO)NC(=O)CCC[C@H](N)C(=O)O)C(=O)O. The van der Waals surface area contributed by atoms with E-state index in [1.807, 2.05) is 0 Å². The third-order valence-electron chi connectivity index (χ3n) is 2.97. The molecule has 0 aliphatic heterocycles. The Morgan fingerprint density at radius 2 is 1.77 bits per heavy atom. The summed E-state index contributed by atoms with van der Waals surface area (Å²) in [4.78, 5) is 56.8. The molecule has 11 nitrogen and oxygen atoms in total. The lowest BCUT2D eigenvalue weighted by atomic mass is 10.1. The van der Waals surface area contributed by atoms with E-state index < -0.39 is 47.1 Å². The molecule has 0 heterocycles. The van der Waals surface area contributed by atoms with Crippen LogP contribution in [0.4, 0.5) is 0 Å². The van der Waals surface area contributed by atoms with Crippen molar-refractivity contribution in [3.8, 4) is 0 Å². The fraction of sp³-hybridized carbons (Fsp3) is 0.615. The van der Waals surface area contributed by atoms with Crippen LogP contribution in [0.1, 0.15) is 19.3 Å². The molecule has 0 aliphatic rings. The van der Waals surface area contributed by atoms with Crippen molar-refractivity contribution in [2.75, 3.05) is 12.0 Å². The predicted molar refractivity (Wildman–Crippen MR) is 92.5 cm³/mol. The molecule has 0 aromatic heterocycles. The maximum Gasteiger partial charge on any atom is 0.353 e. The van der Waals surface area contributed by atoms with Gasteiger partial charge in [-0.25, -0.2) is 9.59 Å². The molecule has 0 aromatic rings. The van der Waals surface area contributed by atoms with Gasteiger partial charge in [0.1, 0.15) is 12.1 Å². The number of rotatable bonds is 12. The van der Waals surface area contributed by atoms with Crippen LogP contribution in [0.25, 0.3) is 0 Å². The van der Waals surface area contributed by atoms with Gasteiger partial charge >= 0.3 is 17.9 Å². The molecule has 13 heteroatoms. The minimum Gasteiger partial charge on any atom is -0.480 e. The van der Waals surface area contributed by atoms with Gasteiger partial charge in [0.05, 0.1) is 5.75 Å². The molecular weight excluding hydrogens is 392 g/mol. The Bertz CT molecular complexity index is 544. The summed E-state index contributed by atoms with van der Waals surface area (Å²) >= 11 is 0.771. The van der Waals surface area contributed by atoms with Gasteiger partial charge in [0.2, 0.25) is 11.0 Å². The number of thioether (sulfide) groups is 1.